The highest BCUT2D eigenvalue weighted by molar-refractivity contribution is 6.03. The molecule has 3 heterocycles. The van der Waals surface area contributed by atoms with Crippen molar-refractivity contribution in [1.29, 1.82) is 0 Å². The second kappa shape index (κ2) is 7.21. The zero-order valence-corrected chi connectivity index (χ0v) is 16.0. The van der Waals surface area contributed by atoms with Gasteiger partial charge in [0.2, 0.25) is 0 Å². The van der Waals surface area contributed by atoms with E-state index in [-0.39, 0.29) is 11.9 Å². The molecule has 0 N–H and O–H groups in total. The lowest BCUT2D eigenvalue weighted by molar-refractivity contribution is -0.136. The summed E-state index contributed by atoms with van der Waals surface area (Å²) in [7, 11) is 3.30. The number of urea groups is 1. The third kappa shape index (κ3) is 3.15. The van der Waals surface area contributed by atoms with Crippen LogP contribution in [-0.2, 0) is 11.2 Å². The molecule has 3 aliphatic rings. The molecule has 2 atom stereocenters. The maximum Gasteiger partial charge on any atom is 0.328 e. The molecule has 1 aromatic rings. The zero-order valence-electron chi connectivity index (χ0n) is 16.0. The van der Waals surface area contributed by atoms with Gasteiger partial charge in [0.15, 0.2) is 18.2 Å². The molecule has 1 aromatic carbocycles. The summed E-state index contributed by atoms with van der Waals surface area (Å²) in [5.74, 6) is 0.736. The molecule has 0 radical (unpaired) electrons. The van der Waals surface area contributed by atoms with E-state index in [1.54, 1.807) is 19.0 Å². The largest absolute Gasteiger partial charge is 0.343 e. The first-order valence-electron chi connectivity index (χ1n) is 9.75. The quantitative estimate of drug-likeness (QED) is 0.809. The van der Waals surface area contributed by atoms with Crippen LogP contribution in [0.2, 0.25) is 0 Å². The van der Waals surface area contributed by atoms with Gasteiger partial charge in [-0.05, 0) is 31.2 Å². The number of carbonyl (C=O) groups is 2. The zero-order chi connectivity index (χ0) is 19.0. The third-order valence-electron chi connectivity index (χ3n) is 5.79. The van der Waals surface area contributed by atoms with Gasteiger partial charge in [-0.15, -0.1) is 0 Å². The summed E-state index contributed by atoms with van der Waals surface area (Å²) in [5.41, 5.74) is 1.30. The maximum atomic E-state index is 12.9. The van der Waals surface area contributed by atoms with Crippen molar-refractivity contribution in [3.05, 3.63) is 35.9 Å². The molecule has 4 rings (SSSR count). The highest BCUT2D eigenvalue weighted by Crippen LogP contribution is 2.29. The number of hydrogen-bond acceptors (Lipinski definition) is 5. The third-order valence-corrected chi connectivity index (χ3v) is 5.79. The monoisotopic (exact) mass is 369 g/mol. The fourth-order valence-electron chi connectivity index (χ4n) is 4.27. The second-order valence-corrected chi connectivity index (χ2v) is 7.55. The predicted octanol–water partition coefficient (Wildman–Crippen LogP) is 1.61. The van der Waals surface area contributed by atoms with E-state index >= 15 is 0 Å². The summed E-state index contributed by atoms with van der Waals surface area (Å²) in [5, 5.41) is 0. The molecule has 27 heavy (non-hydrogen) atoms. The number of imide groups is 1. The number of fused-ring (bicyclic) bond motifs is 1. The van der Waals surface area contributed by atoms with Crippen LogP contribution < -0.4 is 0 Å². The van der Waals surface area contributed by atoms with Gasteiger partial charge in [0.05, 0.1) is 0 Å². The molecular weight excluding hydrogens is 342 g/mol. The number of nitrogens with zero attached hydrogens (tertiary/aromatic N) is 5. The van der Waals surface area contributed by atoms with Gasteiger partial charge in [0.1, 0.15) is 0 Å². The van der Waals surface area contributed by atoms with E-state index in [4.69, 9.17) is 4.99 Å². The molecule has 3 aliphatic heterocycles. The van der Waals surface area contributed by atoms with E-state index < -0.39 is 12.2 Å². The lowest BCUT2D eigenvalue weighted by atomic mass is 10.1. The smallest absolute Gasteiger partial charge is 0.328 e. The topological polar surface area (TPSA) is 59.5 Å². The molecule has 7 nitrogen and oxygen atoms in total. The molecule has 7 heteroatoms. The van der Waals surface area contributed by atoms with Crippen LogP contribution in [0, 0.1) is 0 Å². The molecule has 0 spiro atoms. The van der Waals surface area contributed by atoms with Crippen LogP contribution in [0.15, 0.2) is 35.3 Å². The lowest BCUT2D eigenvalue weighted by Gasteiger charge is -2.40. The first kappa shape index (κ1) is 17.8. The van der Waals surface area contributed by atoms with Crippen molar-refractivity contribution in [2.75, 3.05) is 33.7 Å². The average molecular weight is 369 g/mol. The van der Waals surface area contributed by atoms with Crippen LogP contribution in [0.1, 0.15) is 24.8 Å². The minimum atomic E-state index is -0.423. The van der Waals surface area contributed by atoms with Crippen molar-refractivity contribution >= 4 is 17.9 Å². The Morgan fingerprint density at radius 1 is 1.07 bits per heavy atom. The number of amides is 3. The fraction of sp³-hybridized carbons (Fsp3) is 0.550. The summed E-state index contributed by atoms with van der Waals surface area (Å²) in [6, 6.07) is 9.70. The Morgan fingerprint density at radius 2 is 1.78 bits per heavy atom. The van der Waals surface area contributed by atoms with Gasteiger partial charge in [0, 0.05) is 33.7 Å². The van der Waals surface area contributed by atoms with Gasteiger partial charge in [-0.1, -0.05) is 30.3 Å². The van der Waals surface area contributed by atoms with Gasteiger partial charge < -0.3 is 14.7 Å². The van der Waals surface area contributed by atoms with E-state index in [1.165, 1.54) is 10.5 Å². The van der Waals surface area contributed by atoms with E-state index in [0.717, 1.165) is 51.3 Å². The van der Waals surface area contributed by atoms with Gasteiger partial charge in [0.25, 0.3) is 5.91 Å². The SMILES string of the molecule is CN1C(=O)C2C(N=C(N3CCCC3)N2CCCc2ccccc2)N(C)C1=O. The number of guanidine groups is 1. The Morgan fingerprint density at radius 3 is 2.48 bits per heavy atom. The van der Waals surface area contributed by atoms with Crippen molar-refractivity contribution in [1.82, 2.24) is 19.6 Å². The number of aryl methyl sites for hydroxylation is 1. The maximum absolute atomic E-state index is 12.9. The van der Waals surface area contributed by atoms with Crippen LogP contribution in [0.25, 0.3) is 0 Å². The van der Waals surface area contributed by atoms with Gasteiger partial charge in [-0.2, -0.15) is 0 Å². The summed E-state index contributed by atoms with van der Waals surface area (Å²) in [6.07, 6.45) is 3.77. The van der Waals surface area contributed by atoms with Gasteiger partial charge in [-0.25, -0.2) is 9.79 Å². The molecule has 0 bridgehead atoms. The summed E-state index contributed by atoms with van der Waals surface area (Å²) in [4.78, 5) is 37.3. The molecular formula is C20H27N5O2. The van der Waals surface area contributed by atoms with E-state index in [2.05, 4.69) is 34.1 Å². The molecule has 144 valence electrons. The Hall–Kier alpha value is -2.57. The molecule has 2 saturated heterocycles. The Labute approximate surface area is 160 Å². The van der Waals surface area contributed by atoms with Crippen LogP contribution >= 0.6 is 0 Å². The number of aliphatic imine (C=N–C) groups is 1. The van der Waals surface area contributed by atoms with Crippen LogP contribution in [-0.4, -0.2) is 83.4 Å². The minimum Gasteiger partial charge on any atom is -0.343 e. The standard InChI is InChI=1S/C20H27N5O2/c1-22-17-16(18(26)23(2)20(22)27)25(19(21-17)24-12-6-7-13-24)14-8-11-15-9-4-3-5-10-15/h3-5,9-10,16-17H,6-8,11-14H2,1-2H3. The van der Waals surface area contributed by atoms with Crippen LogP contribution in [0.3, 0.4) is 0 Å². The van der Waals surface area contributed by atoms with Crippen LogP contribution in [0.4, 0.5) is 4.79 Å². The summed E-state index contributed by atoms with van der Waals surface area (Å²) in [6.45, 7) is 2.69. The van der Waals surface area contributed by atoms with Crippen molar-refractivity contribution in [2.45, 2.75) is 37.9 Å². The van der Waals surface area contributed by atoms with E-state index in [1.807, 2.05) is 6.07 Å². The first-order valence-corrected chi connectivity index (χ1v) is 9.75. The van der Waals surface area contributed by atoms with Gasteiger partial charge in [-0.3, -0.25) is 9.69 Å². The van der Waals surface area contributed by atoms with Crippen molar-refractivity contribution in [3.63, 3.8) is 0 Å². The number of hydrogen-bond donors (Lipinski definition) is 0. The predicted molar refractivity (Wildman–Crippen MR) is 103 cm³/mol. The van der Waals surface area contributed by atoms with Crippen molar-refractivity contribution in [3.8, 4) is 0 Å². The molecule has 0 aliphatic carbocycles. The number of rotatable bonds is 4. The number of likely N-dealkylation sites (N-methyl/N-ethyl adjacent to an activating group) is 2. The molecule has 3 amide bonds. The second-order valence-electron chi connectivity index (χ2n) is 7.55. The highest BCUT2D eigenvalue weighted by atomic mass is 16.2. The number of benzene rings is 1. The highest BCUT2D eigenvalue weighted by Gasteiger charge is 2.51. The van der Waals surface area contributed by atoms with E-state index in [9.17, 15) is 9.59 Å². The lowest BCUT2D eigenvalue weighted by Crippen LogP contribution is -2.64. The number of carbonyl (C=O) groups excluding carboxylic acids is 2. The molecule has 0 saturated carbocycles. The summed E-state index contributed by atoms with van der Waals surface area (Å²) >= 11 is 0. The fourth-order valence-corrected chi connectivity index (χ4v) is 4.27. The summed E-state index contributed by atoms with van der Waals surface area (Å²) < 4.78 is 0. The van der Waals surface area contributed by atoms with Crippen LogP contribution in [0.5, 0.6) is 0 Å². The molecule has 0 aromatic heterocycles. The normalized spacial score (nSPS) is 25.3. The average Bonchev–Trinajstić information content (AvgIpc) is 3.33. The van der Waals surface area contributed by atoms with Crippen molar-refractivity contribution < 1.29 is 9.59 Å². The molecule has 2 fully saturated rings. The van der Waals surface area contributed by atoms with Crippen molar-refractivity contribution in [2.24, 2.45) is 4.99 Å². The number of likely N-dealkylation sites (tertiary alicyclic amines) is 1. The molecule has 2 unspecified atom stereocenters. The Bertz CT molecular complexity index is 744. The van der Waals surface area contributed by atoms with E-state index in [0.29, 0.717) is 0 Å². The van der Waals surface area contributed by atoms with Gasteiger partial charge >= 0.3 is 6.03 Å². The minimum absolute atomic E-state index is 0.152. The first-order chi connectivity index (χ1) is 13.1. The Kier molecular flexibility index (Phi) is 4.76. The Balaban J connectivity index is 1.55.